The quantitative estimate of drug-likeness (QED) is 0.511. The molecule has 0 bridgehead atoms. The molecule has 0 saturated heterocycles. The fraction of sp³-hybridized carbons (Fsp3) is 0.0909. The van der Waals surface area contributed by atoms with Crippen molar-refractivity contribution >= 4 is 22.5 Å². The van der Waals surface area contributed by atoms with Crippen molar-refractivity contribution in [1.29, 1.82) is 0 Å². The number of nitrogens with zero attached hydrogens (tertiary/aromatic N) is 2. The van der Waals surface area contributed by atoms with E-state index < -0.39 is 0 Å². The van der Waals surface area contributed by atoms with E-state index in [-0.39, 0.29) is 5.56 Å². The zero-order valence-electron chi connectivity index (χ0n) is 14.3. The minimum atomic E-state index is -0.0629. The van der Waals surface area contributed by atoms with Crippen molar-refractivity contribution in [1.82, 2.24) is 9.55 Å². The molecule has 0 radical (unpaired) electrons. The molecule has 4 rings (SSSR count). The van der Waals surface area contributed by atoms with Crippen molar-refractivity contribution in [2.45, 2.75) is 13.5 Å². The van der Waals surface area contributed by atoms with Crippen LogP contribution in [0.4, 0.5) is 0 Å². The fourth-order valence-electron chi connectivity index (χ4n) is 3.12. The molecule has 26 heavy (non-hydrogen) atoms. The van der Waals surface area contributed by atoms with E-state index in [1.807, 2.05) is 79.7 Å². The molecule has 4 heteroatoms. The first-order valence-electron chi connectivity index (χ1n) is 8.43. The summed E-state index contributed by atoms with van der Waals surface area (Å²) in [5.74, 6) is 0.650. The van der Waals surface area contributed by atoms with E-state index in [2.05, 4.69) is 0 Å². The molecule has 1 aromatic heterocycles. The molecule has 0 aliphatic heterocycles. The lowest BCUT2D eigenvalue weighted by molar-refractivity contribution is 0.759. The van der Waals surface area contributed by atoms with Crippen LogP contribution in [0, 0.1) is 6.92 Å². The van der Waals surface area contributed by atoms with Crippen LogP contribution in [0.15, 0.2) is 77.6 Å². The zero-order chi connectivity index (χ0) is 18.1. The Labute approximate surface area is 156 Å². The summed E-state index contributed by atoms with van der Waals surface area (Å²) in [5.41, 5.74) is 3.56. The minimum Gasteiger partial charge on any atom is -0.288 e. The van der Waals surface area contributed by atoms with Gasteiger partial charge in [-0.05, 0) is 36.8 Å². The third-order valence-electron chi connectivity index (χ3n) is 4.42. The number of hydrogen-bond donors (Lipinski definition) is 0. The summed E-state index contributed by atoms with van der Waals surface area (Å²) in [7, 11) is 0. The molecule has 0 N–H and O–H groups in total. The second-order valence-electron chi connectivity index (χ2n) is 6.30. The van der Waals surface area contributed by atoms with Crippen LogP contribution in [0.2, 0.25) is 5.02 Å². The number of hydrogen-bond acceptors (Lipinski definition) is 2. The van der Waals surface area contributed by atoms with Crippen LogP contribution < -0.4 is 5.56 Å². The maximum absolute atomic E-state index is 13.2. The van der Waals surface area contributed by atoms with Crippen LogP contribution >= 0.6 is 11.6 Å². The highest BCUT2D eigenvalue weighted by Crippen LogP contribution is 2.23. The number of fused-ring (bicyclic) bond motifs is 1. The van der Waals surface area contributed by atoms with Gasteiger partial charge in [0.15, 0.2) is 0 Å². The Kier molecular flexibility index (Phi) is 4.31. The Hall–Kier alpha value is -2.91. The molecular weight excluding hydrogens is 344 g/mol. The average Bonchev–Trinajstić information content (AvgIpc) is 2.65. The smallest absolute Gasteiger partial charge is 0.261 e. The van der Waals surface area contributed by atoms with Crippen LogP contribution in [0.1, 0.15) is 11.1 Å². The predicted molar refractivity (Wildman–Crippen MR) is 107 cm³/mol. The number of rotatable bonds is 3. The summed E-state index contributed by atoms with van der Waals surface area (Å²) >= 11 is 6.33. The lowest BCUT2D eigenvalue weighted by atomic mass is 10.1. The highest BCUT2D eigenvalue weighted by Gasteiger charge is 2.14. The topological polar surface area (TPSA) is 34.9 Å². The van der Waals surface area contributed by atoms with Gasteiger partial charge in [0, 0.05) is 10.6 Å². The Morgan fingerprint density at radius 3 is 2.54 bits per heavy atom. The van der Waals surface area contributed by atoms with Crippen molar-refractivity contribution in [3.8, 4) is 11.4 Å². The van der Waals surface area contributed by atoms with Crippen molar-refractivity contribution in [3.05, 3.63) is 99.3 Å². The van der Waals surface area contributed by atoms with E-state index in [0.29, 0.717) is 28.3 Å². The normalized spacial score (nSPS) is 11.0. The molecule has 4 aromatic rings. The third kappa shape index (κ3) is 3.02. The second kappa shape index (κ2) is 6.77. The van der Waals surface area contributed by atoms with E-state index >= 15 is 0 Å². The first-order chi connectivity index (χ1) is 12.6. The lowest BCUT2D eigenvalue weighted by Gasteiger charge is -2.15. The molecule has 0 aliphatic carbocycles. The van der Waals surface area contributed by atoms with Crippen LogP contribution in [0.5, 0.6) is 0 Å². The van der Waals surface area contributed by atoms with E-state index in [4.69, 9.17) is 16.6 Å². The van der Waals surface area contributed by atoms with Crippen LogP contribution in [0.25, 0.3) is 22.3 Å². The first-order valence-corrected chi connectivity index (χ1v) is 8.81. The number of aryl methyl sites for hydroxylation is 1. The van der Waals surface area contributed by atoms with Crippen molar-refractivity contribution in [3.63, 3.8) is 0 Å². The summed E-state index contributed by atoms with van der Waals surface area (Å²) in [6, 6.07) is 23.0. The number of aromatic nitrogens is 2. The molecule has 0 aliphatic rings. The SMILES string of the molecule is Cc1cccc(-c2nc3ccccc3c(=O)n2Cc2ccccc2Cl)c1. The fourth-order valence-corrected chi connectivity index (χ4v) is 3.31. The molecule has 0 amide bonds. The van der Waals surface area contributed by atoms with E-state index in [9.17, 15) is 4.79 Å². The molecule has 1 heterocycles. The van der Waals surface area contributed by atoms with Crippen LogP contribution in [0.3, 0.4) is 0 Å². The van der Waals surface area contributed by atoms with Crippen molar-refractivity contribution < 1.29 is 0 Å². The summed E-state index contributed by atoms with van der Waals surface area (Å²) < 4.78 is 1.71. The van der Waals surface area contributed by atoms with Gasteiger partial charge in [-0.15, -0.1) is 0 Å². The molecule has 0 saturated carbocycles. The van der Waals surface area contributed by atoms with Crippen molar-refractivity contribution in [2.75, 3.05) is 0 Å². The van der Waals surface area contributed by atoms with E-state index in [1.165, 1.54) is 0 Å². The van der Waals surface area contributed by atoms with Gasteiger partial charge in [0.05, 0.1) is 17.4 Å². The van der Waals surface area contributed by atoms with Gasteiger partial charge in [0.2, 0.25) is 0 Å². The van der Waals surface area contributed by atoms with Gasteiger partial charge in [-0.3, -0.25) is 9.36 Å². The largest absolute Gasteiger partial charge is 0.288 e. The van der Waals surface area contributed by atoms with Gasteiger partial charge in [-0.2, -0.15) is 0 Å². The number of para-hydroxylation sites is 1. The summed E-state index contributed by atoms with van der Waals surface area (Å²) in [6.07, 6.45) is 0. The number of halogens is 1. The molecule has 0 unspecified atom stereocenters. The molecule has 128 valence electrons. The monoisotopic (exact) mass is 360 g/mol. The summed E-state index contributed by atoms with van der Waals surface area (Å²) in [6.45, 7) is 2.40. The molecule has 0 atom stereocenters. The molecular formula is C22H17ClN2O. The maximum Gasteiger partial charge on any atom is 0.261 e. The molecule has 0 spiro atoms. The molecule has 3 aromatic carbocycles. The Morgan fingerprint density at radius 1 is 0.962 bits per heavy atom. The Bertz CT molecular complexity index is 1160. The predicted octanol–water partition coefficient (Wildman–Crippen LogP) is 5.07. The van der Waals surface area contributed by atoms with Gasteiger partial charge in [0.25, 0.3) is 5.56 Å². The first kappa shape index (κ1) is 16.6. The maximum atomic E-state index is 13.2. The lowest BCUT2D eigenvalue weighted by Crippen LogP contribution is -2.24. The Balaban J connectivity index is 2.00. The van der Waals surface area contributed by atoms with Crippen molar-refractivity contribution in [2.24, 2.45) is 0 Å². The number of benzene rings is 3. The Morgan fingerprint density at radius 2 is 1.73 bits per heavy atom. The van der Waals surface area contributed by atoms with Gasteiger partial charge >= 0.3 is 0 Å². The summed E-state index contributed by atoms with van der Waals surface area (Å²) in [5, 5.41) is 1.25. The van der Waals surface area contributed by atoms with Gasteiger partial charge in [0.1, 0.15) is 5.82 Å². The average molecular weight is 361 g/mol. The van der Waals surface area contributed by atoms with Gasteiger partial charge in [-0.1, -0.05) is 65.7 Å². The highest BCUT2D eigenvalue weighted by molar-refractivity contribution is 6.31. The zero-order valence-corrected chi connectivity index (χ0v) is 15.1. The van der Waals surface area contributed by atoms with E-state index in [0.717, 1.165) is 16.7 Å². The molecule has 3 nitrogen and oxygen atoms in total. The highest BCUT2D eigenvalue weighted by atomic mass is 35.5. The molecule has 0 fully saturated rings. The second-order valence-corrected chi connectivity index (χ2v) is 6.71. The van der Waals surface area contributed by atoms with Crippen LogP contribution in [-0.4, -0.2) is 9.55 Å². The third-order valence-corrected chi connectivity index (χ3v) is 4.79. The van der Waals surface area contributed by atoms with Crippen LogP contribution in [-0.2, 0) is 6.54 Å². The standard InChI is InChI=1S/C22H17ClN2O/c1-15-7-6-9-16(13-15)21-24-20-12-5-3-10-18(20)22(26)25(21)14-17-8-2-4-11-19(17)23/h2-13H,14H2,1H3. The van der Waals surface area contributed by atoms with Gasteiger partial charge < -0.3 is 0 Å². The van der Waals surface area contributed by atoms with E-state index in [1.54, 1.807) is 4.57 Å². The summed E-state index contributed by atoms with van der Waals surface area (Å²) in [4.78, 5) is 18.0. The minimum absolute atomic E-state index is 0.0629. The van der Waals surface area contributed by atoms with Gasteiger partial charge in [-0.25, -0.2) is 4.98 Å².